The lowest BCUT2D eigenvalue weighted by Gasteiger charge is -2.32. The van der Waals surface area contributed by atoms with Crippen molar-refractivity contribution in [3.63, 3.8) is 0 Å². The Kier molecular flexibility index (Phi) is 7.11. The average Bonchev–Trinajstić information content (AvgIpc) is 3.41. The van der Waals surface area contributed by atoms with Gasteiger partial charge >= 0.3 is 0 Å². The van der Waals surface area contributed by atoms with E-state index in [1.165, 1.54) is 24.3 Å². The fraction of sp³-hybridized carbons (Fsp3) is 0.250. The van der Waals surface area contributed by atoms with E-state index in [1.807, 2.05) is 12.1 Å². The molecular formula is C28H24ClN3O6. The van der Waals surface area contributed by atoms with Gasteiger partial charge in [0.1, 0.15) is 5.75 Å². The van der Waals surface area contributed by atoms with Gasteiger partial charge in [0, 0.05) is 53.5 Å². The number of benzene rings is 3. The van der Waals surface area contributed by atoms with Crippen LogP contribution in [0.1, 0.15) is 50.6 Å². The number of Topliss-reactive ketones (excluding diaryl/α,β-unsaturated/α-hetero) is 1. The molecule has 38 heavy (non-hydrogen) atoms. The number of halogens is 1. The van der Waals surface area contributed by atoms with Gasteiger partial charge in [-0.3, -0.25) is 24.5 Å². The second kappa shape index (κ2) is 10.6. The number of piperidine rings is 1. The van der Waals surface area contributed by atoms with Crippen LogP contribution >= 0.6 is 11.6 Å². The van der Waals surface area contributed by atoms with Crippen LogP contribution in [0.25, 0.3) is 0 Å². The molecule has 0 bridgehead atoms. The van der Waals surface area contributed by atoms with Crippen molar-refractivity contribution in [3.05, 3.63) is 98.1 Å². The highest BCUT2D eigenvalue weighted by atomic mass is 35.5. The monoisotopic (exact) mass is 533 g/mol. The molecule has 0 unspecified atom stereocenters. The molecule has 3 aromatic rings. The highest BCUT2D eigenvalue weighted by Gasteiger charge is 2.31. The number of nitrogens with zero attached hydrogens (tertiary/aromatic N) is 2. The Bertz CT molecular complexity index is 1410. The van der Waals surface area contributed by atoms with Gasteiger partial charge in [-0.15, -0.1) is 0 Å². The number of hydrogen-bond acceptors (Lipinski definition) is 6. The Morgan fingerprint density at radius 2 is 1.68 bits per heavy atom. The number of hydrogen-bond donors (Lipinski definition) is 1. The number of carbonyl (C=O) groups excluding carboxylic acids is 3. The number of non-ortho nitro benzene ring substituents is 1. The van der Waals surface area contributed by atoms with Crippen LogP contribution in [0.3, 0.4) is 0 Å². The zero-order valence-electron chi connectivity index (χ0n) is 20.3. The number of amides is 2. The van der Waals surface area contributed by atoms with Crippen molar-refractivity contribution in [2.24, 2.45) is 0 Å². The number of rotatable bonds is 6. The largest absolute Gasteiger partial charge is 0.492 e. The SMILES string of the molecule is O=C(Nc1ccc(C2CCN(C(=O)c3cc([N+](=O)[O-])cc4c3OCC4)CC2)cc1)C(=O)c1ccc(Cl)cc1. The van der Waals surface area contributed by atoms with Crippen molar-refractivity contribution in [3.8, 4) is 5.75 Å². The third-order valence-electron chi connectivity index (χ3n) is 6.94. The molecule has 0 aliphatic carbocycles. The van der Waals surface area contributed by atoms with Crippen molar-refractivity contribution in [1.82, 2.24) is 4.90 Å². The van der Waals surface area contributed by atoms with Gasteiger partial charge in [0.15, 0.2) is 0 Å². The first-order valence-corrected chi connectivity index (χ1v) is 12.6. The van der Waals surface area contributed by atoms with Gasteiger partial charge < -0.3 is 15.0 Å². The predicted octanol–water partition coefficient (Wildman–Crippen LogP) is 5.02. The van der Waals surface area contributed by atoms with Crippen LogP contribution in [0.2, 0.25) is 5.02 Å². The van der Waals surface area contributed by atoms with E-state index < -0.39 is 16.6 Å². The molecule has 2 aliphatic rings. The molecule has 2 heterocycles. The van der Waals surface area contributed by atoms with Crippen LogP contribution in [0.15, 0.2) is 60.7 Å². The maximum atomic E-state index is 13.2. The topological polar surface area (TPSA) is 119 Å². The van der Waals surface area contributed by atoms with E-state index in [4.69, 9.17) is 16.3 Å². The molecule has 0 aromatic heterocycles. The van der Waals surface area contributed by atoms with Crippen LogP contribution in [0.4, 0.5) is 11.4 Å². The average molecular weight is 534 g/mol. The van der Waals surface area contributed by atoms with Crippen molar-refractivity contribution in [2.75, 3.05) is 25.0 Å². The zero-order valence-corrected chi connectivity index (χ0v) is 21.1. The Balaban J connectivity index is 1.20. The molecule has 194 valence electrons. The van der Waals surface area contributed by atoms with Crippen molar-refractivity contribution >= 4 is 40.6 Å². The van der Waals surface area contributed by atoms with Crippen molar-refractivity contribution in [2.45, 2.75) is 25.2 Å². The highest BCUT2D eigenvalue weighted by molar-refractivity contribution is 6.46. The smallest absolute Gasteiger partial charge is 0.296 e. The maximum absolute atomic E-state index is 13.2. The number of ether oxygens (including phenoxy) is 1. The molecule has 1 N–H and O–H groups in total. The highest BCUT2D eigenvalue weighted by Crippen LogP contribution is 2.36. The molecule has 0 radical (unpaired) electrons. The van der Waals surface area contributed by atoms with Crippen LogP contribution in [-0.2, 0) is 11.2 Å². The summed E-state index contributed by atoms with van der Waals surface area (Å²) in [6.07, 6.45) is 2.00. The first kappa shape index (κ1) is 25.4. The molecule has 2 amide bonds. The van der Waals surface area contributed by atoms with Gasteiger partial charge in [-0.1, -0.05) is 23.7 Å². The molecule has 9 nitrogen and oxygen atoms in total. The Morgan fingerprint density at radius 1 is 1.00 bits per heavy atom. The number of nitrogens with one attached hydrogen (secondary N) is 1. The number of likely N-dealkylation sites (tertiary alicyclic amines) is 1. The molecule has 1 saturated heterocycles. The summed E-state index contributed by atoms with van der Waals surface area (Å²) in [4.78, 5) is 50.5. The summed E-state index contributed by atoms with van der Waals surface area (Å²) in [5, 5.41) is 14.4. The normalized spacial score (nSPS) is 14.9. The molecular weight excluding hydrogens is 510 g/mol. The summed E-state index contributed by atoms with van der Waals surface area (Å²) >= 11 is 5.83. The van der Waals surface area contributed by atoms with E-state index in [-0.39, 0.29) is 28.6 Å². The fourth-order valence-corrected chi connectivity index (χ4v) is 5.03. The summed E-state index contributed by atoms with van der Waals surface area (Å²) < 4.78 is 5.62. The third kappa shape index (κ3) is 5.24. The van der Waals surface area contributed by atoms with Crippen LogP contribution in [0.5, 0.6) is 5.75 Å². The summed E-state index contributed by atoms with van der Waals surface area (Å²) in [7, 11) is 0. The summed E-state index contributed by atoms with van der Waals surface area (Å²) in [5.41, 5.74) is 2.67. The first-order chi connectivity index (χ1) is 18.3. The summed E-state index contributed by atoms with van der Waals surface area (Å²) in [6.45, 7) is 1.43. The number of ketones is 1. The Morgan fingerprint density at radius 3 is 2.34 bits per heavy atom. The minimum Gasteiger partial charge on any atom is -0.492 e. The number of fused-ring (bicyclic) bond motifs is 1. The molecule has 0 atom stereocenters. The zero-order chi connectivity index (χ0) is 26.8. The van der Waals surface area contributed by atoms with Crippen molar-refractivity contribution < 1.29 is 24.0 Å². The lowest BCUT2D eigenvalue weighted by molar-refractivity contribution is -0.384. The fourth-order valence-electron chi connectivity index (χ4n) is 4.90. The summed E-state index contributed by atoms with van der Waals surface area (Å²) in [6, 6.07) is 16.2. The Labute approximate surface area is 223 Å². The molecule has 10 heteroatoms. The van der Waals surface area contributed by atoms with Gasteiger partial charge in [0.2, 0.25) is 0 Å². The van der Waals surface area contributed by atoms with Gasteiger partial charge in [0.25, 0.3) is 23.3 Å². The third-order valence-corrected chi connectivity index (χ3v) is 7.20. The van der Waals surface area contributed by atoms with Crippen LogP contribution in [0, 0.1) is 10.1 Å². The van der Waals surface area contributed by atoms with Gasteiger partial charge in [-0.05, 0) is 60.7 Å². The van der Waals surface area contributed by atoms with E-state index in [2.05, 4.69) is 5.32 Å². The molecule has 2 aliphatic heterocycles. The number of nitro groups is 1. The van der Waals surface area contributed by atoms with E-state index >= 15 is 0 Å². The van der Waals surface area contributed by atoms with Gasteiger partial charge in [-0.25, -0.2) is 0 Å². The number of anilines is 1. The van der Waals surface area contributed by atoms with E-state index in [9.17, 15) is 24.5 Å². The lowest BCUT2D eigenvalue weighted by Crippen LogP contribution is -2.38. The Hall–Kier alpha value is -4.24. The minimum absolute atomic E-state index is 0.102. The summed E-state index contributed by atoms with van der Waals surface area (Å²) in [5.74, 6) is -0.971. The van der Waals surface area contributed by atoms with Crippen molar-refractivity contribution in [1.29, 1.82) is 0 Å². The van der Waals surface area contributed by atoms with Gasteiger partial charge in [0.05, 0.1) is 17.1 Å². The van der Waals surface area contributed by atoms with E-state index in [1.54, 1.807) is 29.2 Å². The first-order valence-electron chi connectivity index (χ1n) is 12.2. The maximum Gasteiger partial charge on any atom is 0.296 e. The predicted molar refractivity (Wildman–Crippen MR) is 141 cm³/mol. The molecule has 1 fully saturated rings. The number of carbonyl (C=O) groups is 3. The minimum atomic E-state index is -0.733. The quantitative estimate of drug-likeness (QED) is 0.205. The second-order valence-electron chi connectivity index (χ2n) is 9.32. The molecule has 0 saturated carbocycles. The molecule has 5 rings (SSSR count). The second-order valence-corrected chi connectivity index (χ2v) is 9.75. The van der Waals surface area contributed by atoms with E-state index in [0.29, 0.717) is 48.1 Å². The van der Waals surface area contributed by atoms with Gasteiger partial charge in [-0.2, -0.15) is 0 Å². The van der Waals surface area contributed by atoms with E-state index in [0.717, 1.165) is 18.4 Å². The molecule has 3 aromatic carbocycles. The lowest BCUT2D eigenvalue weighted by atomic mass is 9.89. The standard InChI is InChI=1S/C28H24ClN3O6/c29-21-5-1-19(2-6-21)25(33)27(34)30-22-7-3-17(4-8-22)18-9-12-31(13-10-18)28(35)24-16-23(32(36)37)15-20-11-14-38-26(20)24/h1-8,15-16,18H,9-14H2,(H,30,34). The number of nitro benzene ring substituents is 1. The molecule has 0 spiro atoms. The van der Waals surface area contributed by atoms with Crippen LogP contribution < -0.4 is 10.1 Å². The van der Waals surface area contributed by atoms with Crippen LogP contribution in [-0.4, -0.2) is 47.1 Å².